The molecule has 192 valence electrons. The number of aromatic nitrogens is 1. The molecule has 3 aliphatic rings. The minimum atomic E-state index is -0.0786. The van der Waals surface area contributed by atoms with E-state index in [4.69, 9.17) is 4.98 Å². The number of benzene rings is 2. The second kappa shape index (κ2) is 10.3. The lowest BCUT2D eigenvalue weighted by Gasteiger charge is -2.30. The van der Waals surface area contributed by atoms with Crippen LogP contribution in [-0.4, -0.2) is 52.3 Å². The maximum Gasteiger partial charge on any atom is 0.273 e. The van der Waals surface area contributed by atoms with E-state index >= 15 is 0 Å². The molecule has 0 spiro atoms. The van der Waals surface area contributed by atoms with E-state index in [1.54, 1.807) is 0 Å². The van der Waals surface area contributed by atoms with Crippen LogP contribution < -0.4 is 5.32 Å². The highest BCUT2D eigenvalue weighted by molar-refractivity contribution is 6.11. The Balaban J connectivity index is 1.17. The molecule has 1 saturated heterocycles. The average Bonchev–Trinajstić information content (AvgIpc) is 3.51. The first kappa shape index (κ1) is 24.1. The van der Waals surface area contributed by atoms with Crippen molar-refractivity contribution in [3.8, 4) is 0 Å². The highest BCUT2D eigenvalue weighted by Gasteiger charge is 2.38. The van der Waals surface area contributed by atoms with Gasteiger partial charge < -0.3 is 10.2 Å². The number of rotatable bonds is 6. The molecule has 6 heteroatoms. The Labute approximate surface area is 219 Å². The Morgan fingerprint density at radius 1 is 1.03 bits per heavy atom. The van der Waals surface area contributed by atoms with Crippen LogP contribution in [0.15, 0.2) is 48.5 Å². The third-order valence-electron chi connectivity index (χ3n) is 8.48. The lowest BCUT2D eigenvalue weighted by atomic mass is 9.94. The zero-order chi connectivity index (χ0) is 25.4. The maximum atomic E-state index is 13.7. The zero-order valence-electron chi connectivity index (χ0n) is 21.7. The molecular weight excluding hydrogens is 460 g/mol. The van der Waals surface area contributed by atoms with Gasteiger partial charge in [-0.2, -0.15) is 0 Å². The summed E-state index contributed by atoms with van der Waals surface area (Å²) in [5.74, 6) is 0.338. The molecule has 1 N–H and O–H groups in total. The van der Waals surface area contributed by atoms with Crippen LogP contribution in [0.4, 0.5) is 0 Å². The number of amides is 2. The zero-order valence-corrected chi connectivity index (χ0v) is 21.7. The number of pyridine rings is 1. The number of para-hydroxylation sites is 1. The summed E-state index contributed by atoms with van der Waals surface area (Å²) in [7, 11) is 0. The predicted octanol–water partition coefficient (Wildman–Crippen LogP) is 5.08. The quantitative estimate of drug-likeness (QED) is 0.517. The molecule has 3 aromatic rings. The summed E-state index contributed by atoms with van der Waals surface area (Å²) in [5.41, 5.74) is 5.25. The first-order valence-corrected chi connectivity index (χ1v) is 13.9. The fourth-order valence-corrected chi connectivity index (χ4v) is 6.41. The SMILES string of the molecule is Cc1ccc(CN2CC[C@H](CNC(=O)c3c4c(nc5ccccc35)C(=O)N(C3CCCCC3)C4)C2)cc1. The Bertz CT molecular complexity index is 1310. The minimum Gasteiger partial charge on any atom is -0.352 e. The second-order valence-corrected chi connectivity index (χ2v) is 11.1. The van der Waals surface area contributed by atoms with Gasteiger partial charge in [0.25, 0.3) is 11.8 Å². The van der Waals surface area contributed by atoms with Crippen LogP contribution in [0.1, 0.15) is 76.1 Å². The summed E-state index contributed by atoms with van der Waals surface area (Å²) in [4.78, 5) is 36.3. The van der Waals surface area contributed by atoms with Crippen molar-refractivity contribution in [2.45, 2.75) is 64.6 Å². The molecule has 0 bridgehead atoms. The summed E-state index contributed by atoms with van der Waals surface area (Å²) < 4.78 is 0. The van der Waals surface area contributed by atoms with Crippen molar-refractivity contribution in [1.29, 1.82) is 0 Å². The van der Waals surface area contributed by atoms with Crippen LogP contribution in [0, 0.1) is 12.8 Å². The fourth-order valence-electron chi connectivity index (χ4n) is 6.41. The number of carbonyl (C=O) groups is 2. The first-order chi connectivity index (χ1) is 18.1. The van der Waals surface area contributed by atoms with Gasteiger partial charge in [-0.15, -0.1) is 0 Å². The van der Waals surface area contributed by atoms with Gasteiger partial charge in [0, 0.05) is 43.2 Å². The van der Waals surface area contributed by atoms with Crippen molar-refractivity contribution in [2.24, 2.45) is 5.92 Å². The highest BCUT2D eigenvalue weighted by Crippen LogP contribution is 2.34. The van der Waals surface area contributed by atoms with Gasteiger partial charge in [-0.3, -0.25) is 14.5 Å². The highest BCUT2D eigenvalue weighted by atomic mass is 16.2. The van der Waals surface area contributed by atoms with Crippen LogP contribution in [0.2, 0.25) is 0 Å². The molecule has 1 atom stereocenters. The van der Waals surface area contributed by atoms with Crippen LogP contribution in [0.5, 0.6) is 0 Å². The number of hydrogen-bond acceptors (Lipinski definition) is 4. The van der Waals surface area contributed by atoms with E-state index in [0.29, 0.717) is 30.3 Å². The molecule has 2 aromatic carbocycles. The molecule has 3 heterocycles. The standard InChI is InChI=1S/C31H36N4O2/c1-21-11-13-22(14-12-21)18-34-16-15-23(19-34)17-32-30(36)28-25-9-5-6-10-27(25)33-29-26(28)20-35(31(29)37)24-7-3-2-4-8-24/h5-6,9-14,23-24H,2-4,7-8,15-20H2,1H3,(H,32,36)/t23-/m1/s1. The Morgan fingerprint density at radius 2 is 1.81 bits per heavy atom. The third-order valence-corrected chi connectivity index (χ3v) is 8.48. The van der Waals surface area contributed by atoms with Crippen molar-refractivity contribution in [3.05, 3.63) is 76.5 Å². The molecule has 0 unspecified atom stereocenters. The van der Waals surface area contributed by atoms with Crippen molar-refractivity contribution < 1.29 is 9.59 Å². The summed E-state index contributed by atoms with van der Waals surface area (Å²) >= 11 is 0. The Kier molecular flexibility index (Phi) is 6.68. The van der Waals surface area contributed by atoms with E-state index in [2.05, 4.69) is 41.4 Å². The van der Waals surface area contributed by atoms with Gasteiger partial charge in [-0.25, -0.2) is 4.98 Å². The fraction of sp³-hybridized carbons (Fsp3) is 0.452. The van der Waals surface area contributed by atoms with Crippen LogP contribution in [0.3, 0.4) is 0 Å². The average molecular weight is 497 g/mol. The van der Waals surface area contributed by atoms with E-state index in [1.165, 1.54) is 17.5 Å². The summed E-state index contributed by atoms with van der Waals surface area (Å²) in [6, 6.07) is 16.7. The number of fused-ring (bicyclic) bond motifs is 2. The number of carbonyl (C=O) groups excluding carboxylic acids is 2. The molecule has 37 heavy (non-hydrogen) atoms. The monoisotopic (exact) mass is 496 g/mol. The maximum absolute atomic E-state index is 13.7. The smallest absolute Gasteiger partial charge is 0.273 e. The van der Waals surface area contributed by atoms with E-state index < -0.39 is 0 Å². The van der Waals surface area contributed by atoms with E-state index in [1.807, 2.05) is 29.2 Å². The molecular formula is C31H36N4O2. The summed E-state index contributed by atoms with van der Waals surface area (Å²) in [5, 5.41) is 4.08. The minimum absolute atomic E-state index is 0.00996. The molecule has 2 fully saturated rings. The first-order valence-electron chi connectivity index (χ1n) is 13.9. The topological polar surface area (TPSA) is 65.5 Å². The van der Waals surface area contributed by atoms with Gasteiger partial charge in [0.15, 0.2) is 0 Å². The van der Waals surface area contributed by atoms with Gasteiger partial charge >= 0.3 is 0 Å². The van der Waals surface area contributed by atoms with Crippen molar-refractivity contribution in [2.75, 3.05) is 19.6 Å². The van der Waals surface area contributed by atoms with E-state index in [9.17, 15) is 9.59 Å². The van der Waals surface area contributed by atoms with Crippen molar-refractivity contribution in [3.63, 3.8) is 0 Å². The molecule has 6 nitrogen and oxygen atoms in total. The van der Waals surface area contributed by atoms with Crippen LogP contribution >= 0.6 is 0 Å². The number of likely N-dealkylation sites (tertiary alicyclic amines) is 1. The number of nitrogens with one attached hydrogen (secondary N) is 1. The summed E-state index contributed by atoms with van der Waals surface area (Å²) in [6.07, 6.45) is 6.73. The predicted molar refractivity (Wildman–Crippen MR) is 145 cm³/mol. The molecule has 2 aliphatic heterocycles. The number of hydrogen-bond donors (Lipinski definition) is 1. The lowest BCUT2D eigenvalue weighted by molar-refractivity contribution is 0.0655. The normalized spacial score (nSPS) is 20.5. The van der Waals surface area contributed by atoms with E-state index in [-0.39, 0.29) is 17.9 Å². The summed E-state index contributed by atoms with van der Waals surface area (Å²) in [6.45, 7) is 6.24. The molecule has 1 aliphatic carbocycles. The van der Waals surface area contributed by atoms with Crippen LogP contribution in [-0.2, 0) is 13.1 Å². The molecule has 2 amide bonds. The second-order valence-electron chi connectivity index (χ2n) is 11.1. The third kappa shape index (κ3) is 4.87. The van der Waals surface area contributed by atoms with Crippen molar-refractivity contribution in [1.82, 2.24) is 20.1 Å². The van der Waals surface area contributed by atoms with Gasteiger partial charge in [0.1, 0.15) is 5.69 Å². The van der Waals surface area contributed by atoms with Gasteiger partial charge in [0.05, 0.1) is 11.1 Å². The lowest BCUT2D eigenvalue weighted by Crippen LogP contribution is -2.37. The number of nitrogens with zero attached hydrogens (tertiary/aromatic N) is 3. The van der Waals surface area contributed by atoms with Gasteiger partial charge in [0.2, 0.25) is 0 Å². The number of aryl methyl sites for hydroxylation is 1. The Hall–Kier alpha value is -3.25. The van der Waals surface area contributed by atoms with Crippen molar-refractivity contribution >= 4 is 22.7 Å². The largest absolute Gasteiger partial charge is 0.352 e. The molecule has 1 aromatic heterocycles. The van der Waals surface area contributed by atoms with Gasteiger partial charge in [-0.05, 0) is 50.3 Å². The molecule has 0 radical (unpaired) electrons. The molecule has 6 rings (SSSR count). The van der Waals surface area contributed by atoms with Crippen LogP contribution in [0.25, 0.3) is 10.9 Å². The molecule has 1 saturated carbocycles. The van der Waals surface area contributed by atoms with Gasteiger partial charge in [-0.1, -0.05) is 67.3 Å². The van der Waals surface area contributed by atoms with E-state index in [0.717, 1.165) is 68.2 Å². The Morgan fingerprint density at radius 3 is 2.62 bits per heavy atom.